The number of thiazole rings is 1. The number of nitrogens with zero attached hydrogens (tertiary/aromatic N) is 3. The summed E-state index contributed by atoms with van der Waals surface area (Å²) in [6, 6.07) is 10.3. The van der Waals surface area contributed by atoms with E-state index in [1.54, 1.807) is 11.3 Å². The lowest BCUT2D eigenvalue weighted by Crippen LogP contribution is -2.30. The van der Waals surface area contributed by atoms with Gasteiger partial charge < -0.3 is 9.80 Å². The number of carbonyl (C=O) groups excluding carboxylic acids is 1. The van der Waals surface area contributed by atoms with E-state index in [0.717, 1.165) is 21.8 Å². The van der Waals surface area contributed by atoms with Crippen molar-refractivity contribution in [1.82, 2.24) is 9.88 Å². The van der Waals surface area contributed by atoms with Crippen molar-refractivity contribution in [2.45, 2.75) is 13.5 Å². The molecule has 1 amide bonds. The second-order valence-electron chi connectivity index (χ2n) is 5.93. The van der Waals surface area contributed by atoms with Crippen LogP contribution in [0.4, 0.5) is 5.69 Å². The highest BCUT2D eigenvalue weighted by molar-refractivity contribution is 7.14. The molecule has 3 aromatic rings. The molecule has 2 aromatic heterocycles. The van der Waals surface area contributed by atoms with Crippen molar-refractivity contribution in [3.63, 3.8) is 0 Å². The molecule has 0 aliphatic heterocycles. The molecule has 0 N–H and O–H groups in total. The third kappa shape index (κ3) is 4.08. The molecule has 2 heterocycles. The molecule has 1 aromatic carbocycles. The first-order valence-corrected chi connectivity index (χ1v) is 9.94. The maximum Gasteiger partial charge on any atom is 0.273 e. The summed E-state index contributed by atoms with van der Waals surface area (Å²) in [6.07, 6.45) is 0. The molecule has 0 bridgehead atoms. The van der Waals surface area contributed by atoms with Crippen LogP contribution in [0.1, 0.15) is 23.0 Å². The van der Waals surface area contributed by atoms with Gasteiger partial charge in [0, 0.05) is 49.2 Å². The zero-order chi connectivity index (χ0) is 17.8. The number of anilines is 1. The molecular formula is C19H21N3OS2. The highest BCUT2D eigenvalue weighted by atomic mass is 32.1. The largest absolute Gasteiger partial charge is 0.378 e. The van der Waals surface area contributed by atoms with Gasteiger partial charge in [0.25, 0.3) is 5.91 Å². The van der Waals surface area contributed by atoms with E-state index in [-0.39, 0.29) is 5.91 Å². The molecule has 0 radical (unpaired) electrons. The second kappa shape index (κ2) is 7.80. The Balaban J connectivity index is 1.73. The van der Waals surface area contributed by atoms with E-state index in [9.17, 15) is 4.79 Å². The van der Waals surface area contributed by atoms with Crippen molar-refractivity contribution in [2.75, 3.05) is 25.5 Å². The molecule has 0 saturated carbocycles. The van der Waals surface area contributed by atoms with E-state index in [1.807, 2.05) is 42.7 Å². The zero-order valence-corrected chi connectivity index (χ0v) is 16.2. The average molecular weight is 372 g/mol. The van der Waals surface area contributed by atoms with Gasteiger partial charge in [-0.15, -0.1) is 11.3 Å². The maximum atomic E-state index is 12.8. The molecule has 4 nitrogen and oxygen atoms in total. The number of thiophene rings is 1. The van der Waals surface area contributed by atoms with Gasteiger partial charge in [-0.2, -0.15) is 11.3 Å². The van der Waals surface area contributed by atoms with Crippen LogP contribution < -0.4 is 4.90 Å². The SMILES string of the molecule is CCN(Cc1ccc(N(C)C)cc1)C(=O)c1csc(-c2ccsc2)n1. The lowest BCUT2D eigenvalue weighted by atomic mass is 10.2. The Morgan fingerprint density at radius 2 is 1.88 bits per heavy atom. The summed E-state index contributed by atoms with van der Waals surface area (Å²) in [5.74, 6) is -0.0167. The van der Waals surface area contributed by atoms with Crippen LogP contribution >= 0.6 is 22.7 Å². The minimum Gasteiger partial charge on any atom is -0.378 e. The van der Waals surface area contributed by atoms with Crippen LogP contribution in [0.2, 0.25) is 0 Å². The smallest absolute Gasteiger partial charge is 0.273 e. The quantitative estimate of drug-likeness (QED) is 0.635. The molecule has 3 rings (SSSR count). The topological polar surface area (TPSA) is 36.4 Å². The summed E-state index contributed by atoms with van der Waals surface area (Å²) in [5, 5.41) is 6.83. The lowest BCUT2D eigenvalue weighted by molar-refractivity contribution is 0.0747. The van der Waals surface area contributed by atoms with Crippen LogP contribution in [-0.2, 0) is 6.54 Å². The number of amides is 1. The van der Waals surface area contributed by atoms with Gasteiger partial charge in [-0.25, -0.2) is 4.98 Å². The standard InChI is InChI=1S/C19H21N3OS2/c1-4-22(11-14-5-7-16(8-6-14)21(2)3)19(23)17-13-25-18(20-17)15-9-10-24-12-15/h5-10,12-13H,4,11H2,1-3H3. The van der Waals surface area contributed by atoms with E-state index in [4.69, 9.17) is 0 Å². The monoisotopic (exact) mass is 371 g/mol. The number of benzene rings is 1. The number of hydrogen-bond acceptors (Lipinski definition) is 5. The number of rotatable bonds is 6. The fourth-order valence-electron chi connectivity index (χ4n) is 2.50. The predicted octanol–water partition coefficient (Wildman–Crippen LogP) is 4.60. The molecule has 0 spiro atoms. The van der Waals surface area contributed by atoms with Crippen molar-refractivity contribution < 1.29 is 4.79 Å². The van der Waals surface area contributed by atoms with Crippen LogP contribution in [0, 0.1) is 0 Å². The average Bonchev–Trinajstić information content (AvgIpc) is 3.30. The van der Waals surface area contributed by atoms with Crippen molar-refractivity contribution in [2.24, 2.45) is 0 Å². The van der Waals surface area contributed by atoms with E-state index < -0.39 is 0 Å². The number of carbonyl (C=O) groups is 1. The van der Waals surface area contributed by atoms with Crippen LogP contribution in [0.5, 0.6) is 0 Å². The normalized spacial score (nSPS) is 10.7. The lowest BCUT2D eigenvalue weighted by Gasteiger charge is -2.20. The highest BCUT2D eigenvalue weighted by Crippen LogP contribution is 2.26. The first-order valence-electron chi connectivity index (χ1n) is 8.12. The van der Waals surface area contributed by atoms with E-state index >= 15 is 0 Å². The first kappa shape index (κ1) is 17.6. The second-order valence-corrected chi connectivity index (χ2v) is 7.57. The Morgan fingerprint density at radius 3 is 2.48 bits per heavy atom. The molecular weight excluding hydrogens is 350 g/mol. The van der Waals surface area contributed by atoms with Gasteiger partial charge in [-0.3, -0.25) is 4.79 Å². The van der Waals surface area contributed by atoms with Crippen molar-refractivity contribution in [1.29, 1.82) is 0 Å². The summed E-state index contributed by atoms with van der Waals surface area (Å²) in [6.45, 7) is 3.24. The van der Waals surface area contributed by atoms with Gasteiger partial charge in [-0.05, 0) is 36.1 Å². The van der Waals surface area contributed by atoms with Crippen molar-refractivity contribution in [3.05, 3.63) is 57.7 Å². The summed E-state index contributed by atoms with van der Waals surface area (Å²) in [4.78, 5) is 21.2. The fraction of sp³-hybridized carbons (Fsp3) is 0.263. The Kier molecular flexibility index (Phi) is 5.50. The van der Waals surface area contributed by atoms with E-state index in [2.05, 4.69) is 39.5 Å². The number of aromatic nitrogens is 1. The van der Waals surface area contributed by atoms with Gasteiger partial charge in [0.2, 0.25) is 0 Å². The molecule has 0 saturated heterocycles. The Morgan fingerprint density at radius 1 is 1.12 bits per heavy atom. The molecule has 25 heavy (non-hydrogen) atoms. The molecule has 0 unspecified atom stereocenters. The Hall–Kier alpha value is -2.18. The zero-order valence-electron chi connectivity index (χ0n) is 14.6. The molecule has 0 atom stereocenters. The van der Waals surface area contributed by atoms with Gasteiger partial charge >= 0.3 is 0 Å². The van der Waals surface area contributed by atoms with Crippen LogP contribution in [0.25, 0.3) is 10.6 Å². The van der Waals surface area contributed by atoms with Crippen molar-refractivity contribution >= 4 is 34.3 Å². The third-order valence-corrected chi connectivity index (χ3v) is 5.56. The third-order valence-electron chi connectivity index (χ3n) is 3.99. The summed E-state index contributed by atoms with van der Waals surface area (Å²) in [5.41, 5.74) is 3.88. The minimum atomic E-state index is -0.0167. The molecule has 0 aliphatic carbocycles. The van der Waals surface area contributed by atoms with E-state index in [1.165, 1.54) is 11.3 Å². The van der Waals surface area contributed by atoms with Gasteiger partial charge in [0.05, 0.1) is 0 Å². The first-order chi connectivity index (χ1) is 12.1. The van der Waals surface area contributed by atoms with Crippen LogP contribution in [0.3, 0.4) is 0 Å². The van der Waals surface area contributed by atoms with Crippen LogP contribution in [0.15, 0.2) is 46.5 Å². The summed E-state index contributed by atoms with van der Waals surface area (Å²) >= 11 is 3.15. The predicted molar refractivity (Wildman–Crippen MR) is 107 cm³/mol. The molecule has 6 heteroatoms. The fourth-order valence-corrected chi connectivity index (χ4v) is 4.01. The molecule has 0 fully saturated rings. The highest BCUT2D eigenvalue weighted by Gasteiger charge is 2.18. The van der Waals surface area contributed by atoms with E-state index in [0.29, 0.717) is 18.8 Å². The maximum absolute atomic E-state index is 12.8. The molecule has 0 aliphatic rings. The summed E-state index contributed by atoms with van der Waals surface area (Å²) < 4.78 is 0. The number of hydrogen-bond donors (Lipinski definition) is 0. The van der Waals surface area contributed by atoms with Gasteiger partial charge in [0.1, 0.15) is 10.7 Å². The van der Waals surface area contributed by atoms with Gasteiger partial charge in [-0.1, -0.05) is 12.1 Å². The summed E-state index contributed by atoms with van der Waals surface area (Å²) in [7, 11) is 4.04. The Bertz CT molecular complexity index is 823. The molecule has 130 valence electrons. The van der Waals surface area contributed by atoms with Crippen LogP contribution in [-0.4, -0.2) is 36.4 Å². The minimum absolute atomic E-state index is 0.0167. The van der Waals surface area contributed by atoms with Crippen molar-refractivity contribution in [3.8, 4) is 10.6 Å². The Labute approximate surface area is 156 Å². The van der Waals surface area contributed by atoms with Gasteiger partial charge in [0.15, 0.2) is 0 Å².